The van der Waals surface area contributed by atoms with E-state index in [9.17, 15) is 4.79 Å². The van der Waals surface area contributed by atoms with Crippen LogP contribution in [0, 0.1) is 4.91 Å². The number of nitrogens with zero attached hydrogens (tertiary/aromatic N) is 1. The van der Waals surface area contributed by atoms with E-state index in [1.807, 2.05) is 0 Å². The van der Waals surface area contributed by atoms with Crippen molar-refractivity contribution in [3.63, 3.8) is 0 Å². The standard InChI is InChI=1S/C2H5NO2.HNO2.Ni/c3-1-2(4)5;2-1-3;/h1,3H2,(H,4,5);(H,2,3);. The second-order valence-electron chi connectivity index (χ2n) is 0.680. The summed E-state index contributed by atoms with van der Waals surface area (Å²) in [5.41, 5.74) is 4.57. The molecule has 0 aromatic rings. The Balaban J connectivity index is -0.0000000800. The molecule has 0 spiro atoms. The Morgan fingerprint density at radius 3 is 1.78 bits per heavy atom. The van der Waals surface area contributed by atoms with Crippen LogP contribution in [0.2, 0.25) is 0 Å². The molecule has 0 unspecified atom stereocenters. The Labute approximate surface area is 60.9 Å². The average molecular weight is 181 g/mol. The number of carbonyl (C=O) groups is 1. The Kier molecular flexibility index (Phi) is 27.4. The topological polar surface area (TPSA) is 113 Å². The van der Waals surface area contributed by atoms with Crippen LogP contribution in [0.1, 0.15) is 0 Å². The second kappa shape index (κ2) is 15.7. The van der Waals surface area contributed by atoms with Crippen molar-refractivity contribution >= 4 is 5.97 Å². The van der Waals surface area contributed by atoms with Crippen molar-refractivity contribution in [3.8, 4) is 0 Å². The molecule has 0 aliphatic heterocycles. The van der Waals surface area contributed by atoms with Gasteiger partial charge in [-0.2, -0.15) is 0 Å². The van der Waals surface area contributed by atoms with Gasteiger partial charge in [-0.3, -0.25) is 4.79 Å². The second-order valence-corrected chi connectivity index (χ2v) is 0.680. The number of carboxylic acid groups (broad SMARTS) is 1. The van der Waals surface area contributed by atoms with Crippen molar-refractivity contribution < 1.29 is 31.6 Å². The smallest absolute Gasteiger partial charge is 0.317 e. The van der Waals surface area contributed by atoms with Gasteiger partial charge in [-0.05, 0) is 0 Å². The molecule has 6 nitrogen and oxygen atoms in total. The fraction of sp³-hybridized carbons (Fsp3) is 0.500. The Bertz CT molecular complexity index is 77.0. The van der Waals surface area contributed by atoms with Crippen molar-refractivity contribution in [2.24, 2.45) is 11.1 Å². The molecule has 0 aliphatic carbocycles. The fourth-order valence-electron chi connectivity index (χ4n) is 0. The number of nitrogens with two attached hydrogens (primary N) is 1. The maximum atomic E-state index is 9.24. The van der Waals surface area contributed by atoms with Crippen LogP contribution in [0.15, 0.2) is 5.34 Å². The summed E-state index contributed by atoms with van der Waals surface area (Å²) in [7, 11) is 0. The molecular formula is C2H6N2NiO4. The minimum Gasteiger partial charge on any atom is -0.480 e. The summed E-state index contributed by atoms with van der Waals surface area (Å²) in [6, 6.07) is 0. The molecule has 0 heterocycles. The van der Waals surface area contributed by atoms with E-state index >= 15 is 0 Å². The largest absolute Gasteiger partial charge is 0.480 e. The molecule has 0 bridgehead atoms. The van der Waals surface area contributed by atoms with Gasteiger partial charge in [-0.15, -0.1) is 4.91 Å². The summed E-state index contributed by atoms with van der Waals surface area (Å²) >= 11 is 0. The van der Waals surface area contributed by atoms with Crippen LogP contribution in [0.4, 0.5) is 0 Å². The maximum Gasteiger partial charge on any atom is 0.317 e. The Morgan fingerprint density at radius 1 is 1.67 bits per heavy atom. The molecule has 58 valence electrons. The van der Waals surface area contributed by atoms with E-state index in [0.29, 0.717) is 0 Å². The maximum absolute atomic E-state index is 9.24. The third kappa shape index (κ3) is 118. The molecule has 0 rings (SSSR count). The van der Waals surface area contributed by atoms with E-state index in [1.54, 1.807) is 0 Å². The first-order valence-corrected chi connectivity index (χ1v) is 1.57. The van der Waals surface area contributed by atoms with Crippen molar-refractivity contribution in [1.82, 2.24) is 0 Å². The van der Waals surface area contributed by atoms with Gasteiger partial charge in [0.2, 0.25) is 0 Å². The van der Waals surface area contributed by atoms with E-state index in [-0.39, 0.29) is 23.0 Å². The van der Waals surface area contributed by atoms with Gasteiger partial charge < -0.3 is 16.0 Å². The summed E-state index contributed by atoms with van der Waals surface area (Å²) in [6.07, 6.45) is 0. The molecule has 0 aromatic carbocycles. The first-order valence-electron chi connectivity index (χ1n) is 1.57. The summed E-state index contributed by atoms with van der Waals surface area (Å²) in [6.45, 7) is -0.278. The van der Waals surface area contributed by atoms with Crippen LogP contribution < -0.4 is 5.73 Å². The molecule has 0 amide bonds. The SMILES string of the molecule is NCC(=O)O.O=NO.[Ni]. The Morgan fingerprint density at radius 2 is 1.78 bits per heavy atom. The first kappa shape index (κ1) is 15.8. The van der Waals surface area contributed by atoms with Crippen molar-refractivity contribution in [3.05, 3.63) is 4.91 Å². The van der Waals surface area contributed by atoms with Crippen LogP contribution in [0.3, 0.4) is 0 Å². The molecule has 0 aliphatic rings. The van der Waals surface area contributed by atoms with E-state index in [2.05, 4.69) is 5.73 Å². The van der Waals surface area contributed by atoms with Gasteiger partial charge in [0, 0.05) is 16.5 Å². The predicted molar refractivity (Wildman–Crippen MR) is 24.3 cm³/mol. The van der Waals surface area contributed by atoms with E-state index < -0.39 is 5.97 Å². The van der Waals surface area contributed by atoms with Gasteiger partial charge in [0.25, 0.3) is 0 Å². The summed E-state index contributed by atoms with van der Waals surface area (Å²) in [5, 5.41) is 15.5. The molecule has 0 fully saturated rings. The number of carboxylic acids is 1. The molecule has 0 atom stereocenters. The quantitative estimate of drug-likeness (QED) is 0.277. The molecule has 4 N–H and O–H groups in total. The minimum absolute atomic E-state index is 0. The van der Waals surface area contributed by atoms with Crippen LogP contribution >= 0.6 is 0 Å². The zero-order valence-electron chi connectivity index (χ0n) is 4.26. The van der Waals surface area contributed by atoms with Crippen LogP contribution in [0.25, 0.3) is 0 Å². The Hall–Kier alpha value is -0.676. The van der Waals surface area contributed by atoms with E-state index in [1.165, 1.54) is 5.34 Å². The average Bonchev–Trinajstić information content (AvgIpc) is 1.69. The monoisotopic (exact) mass is 180 g/mol. The molecule has 0 radical (unpaired) electrons. The summed E-state index contributed by atoms with van der Waals surface area (Å²) in [4.78, 5) is 17.4. The van der Waals surface area contributed by atoms with Crippen LogP contribution in [-0.2, 0) is 21.3 Å². The number of hydrogen-bond acceptors (Lipinski definition) is 4. The van der Waals surface area contributed by atoms with Gasteiger partial charge in [-0.25, -0.2) is 0 Å². The predicted octanol–water partition coefficient (Wildman–Crippen LogP) is -0.831. The summed E-state index contributed by atoms with van der Waals surface area (Å²) < 4.78 is 0. The molecular weight excluding hydrogens is 175 g/mol. The molecule has 0 saturated heterocycles. The van der Waals surface area contributed by atoms with E-state index in [4.69, 9.17) is 15.2 Å². The van der Waals surface area contributed by atoms with Crippen molar-refractivity contribution in [2.45, 2.75) is 0 Å². The number of aliphatic carboxylic acids is 1. The van der Waals surface area contributed by atoms with Crippen molar-refractivity contribution in [1.29, 1.82) is 0 Å². The van der Waals surface area contributed by atoms with Gasteiger partial charge >= 0.3 is 5.97 Å². The molecule has 0 aromatic heterocycles. The molecule has 9 heavy (non-hydrogen) atoms. The fourth-order valence-corrected chi connectivity index (χ4v) is 0. The van der Waals surface area contributed by atoms with Gasteiger partial charge in [0.15, 0.2) is 5.34 Å². The normalized spacial score (nSPS) is 5.44. The van der Waals surface area contributed by atoms with Crippen molar-refractivity contribution in [2.75, 3.05) is 6.54 Å². The number of hydrogen-bond donors (Lipinski definition) is 3. The third-order valence-electron chi connectivity index (χ3n) is 0.175. The number of rotatable bonds is 1. The van der Waals surface area contributed by atoms with Gasteiger partial charge in [-0.1, -0.05) is 0 Å². The van der Waals surface area contributed by atoms with Gasteiger partial charge in [0.1, 0.15) is 0 Å². The molecule has 0 saturated carbocycles. The molecule has 7 heteroatoms. The minimum atomic E-state index is -0.968. The van der Waals surface area contributed by atoms with Crippen LogP contribution in [-0.4, -0.2) is 22.8 Å². The first-order chi connectivity index (χ1) is 3.68. The summed E-state index contributed by atoms with van der Waals surface area (Å²) in [5.74, 6) is -0.968. The van der Waals surface area contributed by atoms with E-state index in [0.717, 1.165) is 0 Å². The van der Waals surface area contributed by atoms with Gasteiger partial charge in [0.05, 0.1) is 6.54 Å². The van der Waals surface area contributed by atoms with Crippen LogP contribution in [0.5, 0.6) is 0 Å². The zero-order chi connectivity index (χ0) is 6.99. The zero-order valence-corrected chi connectivity index (χ0v) is 5.25. The third-order valence-corrected chi connectivity index (χ3v) is 0.175.